The third kappa shape index (κ3) is 4.95. The number of carbonyl (C=O) groups is 2. The highest BCUT2D eigenvalue weighted by molar-refractivity contribution is 7.15. The largest absolute Gasteiger partial charge is 0.385 e. The number of nitriles is 1. The zero-order valence-corrected chi connectivity index (χ0v) is 19.8. The van der Waals surface area contributed by atoms with Gasteiger partial charge in [0.2, 0.25) is 0 Å². The van der Waals surface area contributed by atoms with Crippen molar-refractivity contribution in [2.75, 3.05) is 30.5 Å². The highest BCUT2D eigenvalue weighted by atomic mass is 32.1. The number of nitrogens with zero attached hydrogens (tertiary/aromatic N) is 5. The van der Waals surface area contributed by atoms with E-state index in [1.54, 1.807) is 19.4 Å². The van der Waals surface area contributed by atoms with E-state index in [-0.39, 0.29) is 11.7 Å². The molecule has 1 aliphatic rings. The van der Waals surface area contributed by atoms with Gasteiger partial charge in [0.05, 0.1) is 15.4 Å². The lowest BCUT2D eigenvalue weighted by molar-refractivity contribution is 0.111. The minimum Gasteiger partial charge on any atom is -0.385 e. The van der Waals surface area contributed by atoms with Gasteiger partial charge in [0.25, 0.3) is 0 Å². The number of rotatable bonds is 7. The fourth-order valence-electron chi connectivity index (χ4n) is 3.94. The first-order chi connectivity index (χ1) is 16.5. The van der Waals surface area contributed by atoms with Gasteiger partial charge in [-0.15, -0.1) is 11.3 Å². The standard InChI is InChI=1S/C24H24N6O3S/c1-15-26-13-21(34-15)19-9-17-5-3-7-30(23(17)28-20(19)14-31)24(32)29-22-10-16(6-4-8-33-2)18(11-25)12-27-22/h9-10,12-14H,3-8H2,1-2H3,(H,27,29,32). The van der Waals surface area contributed by atoms with Crippen LogP contribution in [0.5, 0.6) is 0 Å². The molecule has 0 aliphatic carbocycles. The van der Waals surface area contributed by atoms with Crippen LogP contribution < -0.4 is 10.2 Å². The van der Waals surface area contributed by atoms with Gasteiger partial charge in [0, 0.05) is 38.2 Å². The molecule has 10 heteroatoms. The number of nitrogens with one attached hydrogen (secondary N) is 1. The number of urea groups is 1. The summed E-state index contributed by atoms with van der Waals surface area (Å²) < 4.78 is 5.09. The van der Waals surface area contributed by atoms with Gasteiger partial charge in [-0.25, -0.2) is 19.7 Å². The number of pyridine rings is 2. The lowest BCUT2D eigenvalue weighted by Gasteiger charge is -2.29. The van der Waals surface area contributed by atoms with Gasteiger partial charge in [-0.1, -0.05) is 0 Å². The number of aryl methyl sites for hydroxylation is 3. The SMILES string of the molecule is COCCCc1cc(NC(=O)N2CCCc3cc(-c4cnc(C)s4)c(C=O)nc32)ncc1C#N. The van der Waals surface area contributed by atoms with E-state index in [2.05, 4.69) is 26.3 Å². The van der Waals surface area contributed by atoms with Gasteiger partial charge in [0.15, 0.2) is 6.29 Å². The second-order valence-electron chi connectivity index (χ2n) is 7.89. The van der Waals surface area contributed by atoms with E-state index >= 15 is 0 Å². The van der Waals surface area contributed by atoms with Gasteiger partial charge in [0.1, 0.15) is 23.4 Å². The zero-order chi connectivity index (χ0) is 24.1. The molecule has 0 saturated heterocycles. The van der Waals surface area contributed by atoms with Crippen LogP contribution in [0.1, 0.15) is 45.0 Å². The van der Waals surface area contributed by atoms with Gasteiger partial charge < -0.3 is 4.74 Å². The van der Waals surface area contributed by atoms with Gasteiger partial charge in [-0.3, -0.25) is 15.0 Å². The van der Waals surface area contributed by atoms with Crippen LogP contribution in [0.2, 0.25) is 0 Å². The lowest BCUT2D eigenvalue weighted by Crippen LogP contribution is -2.39. The molecule has 0 atom stereocenters. The first kappa shape index (κ1) is 23.5. The minimum absolute atomic E-state index is 0.277. The normalized spacial score (nSPS) is 12.7. The first-order valence-electron chi connectivity index (χ1n) is 10.9. The molecule has 9 nitrogen and oxygen atoms in total. The average molecular weight is 477 g/mol. The molecule has 0 spiro atoms. The maximum absolute atomic E-state index is 13.2. The molecular formula is C24H24N6O3S. The van der Waals surface area contributed by atoms with Crippen molar-refractivity contribution in [3.63, 3.8) is 0 Å². The quantitative estimate of drug-likeness (QED) is 0.401. The van der Waals surface area contributed by atoms with Crippen LogP contribution in [-0.2, 0) is 17.6 Å². The number of ether oxygens (including phenoxy) is 1. The summed E-state index contributed by atoms with van der Waals surface area (Å²) in [7, 11) is 1.63. The number of thiazole rings is 1. The highest BCUT2D eigenvalue weighted by Gasteiger charge is 2.27. The number of aromatic nitrogens is 3. The van der Waals surface area contributed by atoms with Crippen molar-refractivity contribution in [2.45, 2.75) is 32.6 Å². The van der Waals surface area contributed by atoms with E-state index < -0.39 is 0 Å². The second-order valence-corrected chi connectivity index (χ2v) is 9.12. The predicted molar refractivity (Wildman–Crippen MR) is 129 cm³/mol. The topological polar surface area (TPSA) is 121 Å². The van der Waals surface area contributed by atoms with Crippen LogP contribution in [0.25, 0.3) is 10.4 Å². The monoisotopic (exact) mass is 476 g/mol. The van der Waals surface area contributed by atoms with E-state index in [0.29, 0.717) is 43.1 Å². The molecular weight excluding hydrogens is 452 g/mol. The summed E-state index contributed by atoms with van der Waals surface area (Å²) in [5, 5.41) is 13.1. The molecule has 34 heavy (non-hydrogen) atoms. The Morgan fingerprint density at radius 3 is 2.91 bits per heavy atom. The van der Waals surface area contributed by atoms with Crippen molar-refractivity contribution >= 4 is 35.3 Å². The van der Waals surface area contributed by atoms with Gasteiger partial charge in [-0.05, 0) is 55.9 Å². The summed E-state index contributed by atoms with van der Waals surface area (Å²) in [6, 6.07) is 5.41. The number of hydrogen-bond acceptors (Lipinski definition) is 8. The van der Waals surface area contributed by atoms with Crippen LogP contribution in [0.3, 0.4) is 0 Å². The van der Waals surface area contributed by atoms with E-state index in [1.165, 1.54) is 22.4 Å². The molecule has 0 radical (unpaired) electrons. The molecule has 1 aliphatic heterocycles. The number of methoxy groups -OCH3 is 1. The van der Waals surface area contributed by atoms with Crippen LogP contribution in [0.4, 0.5) is 16.4 Å². The molecule has 174 valence electrons. The molecule has 0 bridgehead atoms. The Labute approximate surface area is 201 Å². The van der Waals surface area contributed by atoms with Crippen molar-refractivity contribution < 1.29 is 14.3 Å². The smallest absolute Gasteiger partial charge is 0.328 e. The molecule has 0 aromatic carbocycles. The van der Waals surface area contributed by atoms with Crippen LogP contribution in [0.15, 0.2) is 24.5 Å². The van der Waals surface area contributed by atoms with E-state index in [4.69, 9.17) is 4.74 Å². The van der Waals surface area contributed by atoms with Crippen molar-refractivity contribution in [3.8, 4) is 16.5 Å². The predicted octanol–water partition coefficient (Wildman–Crippen LogP) is 4.16. The molecule has 0 unspecified atom stereocenters. The van der Waals surface area contributed by atoms with Crippen LogP contribution >= 0.6 is 11.3 Å². The number of fused-ring (bicyclic) bond motifs is 1. The number of amides is 2. The summed E-state index contributed by atoms with van der Waals surface area (Å²) in [5.41, 5.74) is 3.19. The number of anilines is 2. The molecule has 3 aromatic heterocycles. The molecule has 0 saturated carbocycles. The van der Waals surface area contributed by atoms with Crippen molar-refractivity contribution in [3.05, 3.63) is 51.9 Å². The Bertz CT molecular complexity index is 1270. The fourth-order valence-corrected chi connectivity index (χ4v) is 4.74. The Morgan fingerprint density at radius 2 is 2.21 bits per heavy atom. The average Bonchev–Trinajstić information content (AvgIpc) is 3.29. The summed E-state index contributed by atoms with van der Waals surface area (Å²) in [5.74, 6) is 0.834. The summed E-state index contributed by atoms with van der Waals surface area (Å²) in [6.45, 7) is 2.96. The Morgan fingerprint density at radius 1 is 1.35 bits per heavy atom. The summed E-state index contributed by atoms with van der Waals surface area (Å²) in [6.07, 6.45) is 6.84. The number of carbonyl (C=O) groups excluding carboxylic acids is 2. The van der Waals surface area contributed by atoms with Crippen molar-refractivity contribution in [2.24, 2.45) is 0 Å². The van der Waals surface area contributed by atoms with E-state index in [9.17, 15) is 14.9 Å². The second kappa shape index (κ2) is 10.5. The molecule has 2 amide bonds. The zero-order valence-electron chi connectivity index (χ0n) is 19.0. The van der Waals surface area contributed by atoms with E-state index in [0.717, 1.165) is 45.8 Å². The Hall–Kier alpha value is -3.68. The Kier molecular flexibility index (Phi) is 7.25. The van der Waals surface area contributed by atoms with Crippen molar-refractivity contribution in [1.29, 1.82) is 5.26 Å². The van der Waals surface area contributed by atoms with Gasteiger partial charge in [-0.2, -0.15) is 5.26 Å². The lowest BCUT2D eigenvalue weighted by atomic mass is 10.0. The molecule has 4 rings (SSSR count). The van der Waals surface area contributed by atoms with Crippen molar-refractivity contribution in [1.82, 2.24) is 15.0 Å². The minimum atomic E-state index is -0.383. The van der Waals surface area contributed by atoms with Crippen LogP contribution in [0, 0.1) is 18.3 Å². The van der Waals surface area contributed by atoms with E-state index in [1.807, 2.05) is 13.0 Å². The summed E-state index contributed by atoms with van der Waals surface area (Å²) >= 11 is 1.50. The molecule has 4 heterocycles. The fraction of sp³-hybridized carbons (Fsp3) is 0.333. The third-order valence-electron chi connectivity index (χ3n) is 5.57. The van der Waals surface area contributed by atoms with Gasteiger partial charge >= 0.3 is 6.03 Å². The number of hydrogen-bond donors (Lipinski definition) is 1. The maximum Gasteiger partial charge on any atom is 0.328 e. The molecule has 0 fully saturated rings. The highest BCUT2D eigenvalue weighted by Crippen LogP contribution is 2.34. The number of aldehydes is 1. The first-order valence-corrected chi connectivity index (χ1v) is 11.7. The molecule has 3 aromatic rings. The maximum atomic E-state index is 13.2. The molecule has 1 N–H and O–H groups in total. The Balaban J connectivity index is 1.60. The third-order valence-corrected chi connectivity index (χ3v) is 6.52. The summed E-state index contributed by atoms with van der Waals surface area (Å²) in [4.78, 5) is 40.5. The van der Waals surface area contributed by atoms with Crippen LogP contribution in [-0.4, -0.2) is 47.5 Å².